The number of hydrogen-bond acceptors (Lipinski definition) is 1. The zero-order valence-electron chi connectivity index (χ0n) is 11.7. The summed E-state index contributed by atoms with van der Waals surface area (Å²) in [6.07, 6.45) is 4.51. The Bertz CT molecular complexity index is 864. The molecule has 3 aromatic rings. The molecule has 4 heteroatoms. The van der Waals surface area contributed by atoms with Crippen LogP contribution in [0.4, 0.5) is 4.39 Å². The van der Waals surface area contributed by atoms with Crippen molar-refractivity contribution >= 4 is 22.9 Å². The smallest absolute Gasteiger partial charge is 0.328 e. The lowest BCUT2D eigenvalue weighted by atomic mass is 10.1. The zero-order chi connectivity index (χ0) is 15.5. The average Bonchev–Trinajstić information content (AvgIpc) is 2.86. The molecular weight excluding hydrogens is 281 g/mol. The quantitative estimate of drug-likeness (QED) is 0.741. The van der Waals surface area contributed by atoms with Crippen LogP contribution in [0.2, 0.25) is 0 Å². The molecule has 0 saturated heterocycles. The van der Waals surface area contributed by atoms with Gasteiger partial charge in [-0.2, -0.15) is 0 Å². The number of fused-ring (bicyclic) bond motifs is 1. The highest BCUT2D eigenvalue weighted by atomic mass is 19.1. The van der Waals surface area contributed by atoms with E-state index in [2.05, 4.69) is 0 Å². The lowest BCUT2D eigenvalue weighted by molar-refractivity contribution is -0.131. The highest BCUT2D eigenvalue weighted by Crippen LogP contribution is 2.24. The molecular formula is C18H14FNO2. The first-order chi connectivity index (χ1) is 10.6. The van der Waals surface area contributed by atoms with Crippen LogP contribution < -0.4 is 0 Å². The number of aromatic nitrogens is 1. The summed E-state index contributed by atoms with van der Waals surface area (Å²) >= 11 is 0. The molecule has 110 valence electrons. The fourth-order valence-electron chi connectivity index (χ4n) is 2.51. The van der Waals surface area contributed by atoms with Crippen LogP contribution in [0, 0.1) is 5.82 Å². The van der Waals surface area contributed by atoms with E-state index in [1.807, 2.05) is 35.0 Å². The Kier molecular flexibility index (Phi) is 3.74. The maximum atomic E-state index is 13.8. The molecule has 1 aromatic heterocycles. The van der Waals surface area contributed by atoms with Crippen LogP contribution in [-0.4, -0.2) is 15.6 Å². The van der Waals surface area contributed by atoms with Crippen LogP contribution in [0.5, 0.6) is 0 Å². The highest BCUT2D eigenvalue weighted by Gasteiger charge is 2.08. The fourth-order valence-corrected chi connectivity index (χ4v) is 2.51. The molecule has 0 spiro atoms. The number of carboxylic acid groups (broad SMARTS) is 1. The third kappa shape index (κ3) is 2.76. The van der Waals surface area contributed by atoms with Crippen molar-refractivity contribution in [2.75, 3.05) is 0 Å². The first-order valence-corrected chi connectivity index (χ1v) is 6.87. The van der Waals surface area contributed by atoms with Gasteiger partial charge in [0.25, 0.3) is 0 Å². The second kappa shape index (κ2) is 5.85. The summed E-state index contributed by atoms with van der Waals surface area (Å²) in [5, 5.41) is 9.72. The number of halogens is 1. The predicted octanol–water partition coefficient (Wildman–Crippen LogP) is 3.93. The Morgan fingerprint density at radius 1 is 1.14 bits per heavy atom. The van der Waals surface area contributed by atoms with Crippen LogP contribution in [0.1, 0.15) is 11.1 Å². The molecule has 0 aliphatic heterocycles. The molecule has 2 aromatic carbocycles. The molecule has 0 aliphatic rings. The van der Waals surface area contributed by atoms with E-state index in [4.69, 9.17) is 5.11 Å². The SMILES string of the molecule is O=C(O)/C=C/c1cn(Cc2ccccc2F)c2ccccc12. The molecule has 0 aliphatic carbocycles. The maximum Gasteiger partial charge on any atom is 0.328 e. The third-order valence-electron chi connectivity index (χ3n) is 3.52. The Labute approximate surface area is 126 Å². The van der Waals surface area contributed by atoms with Gasteiger partial charge in [-0.05, 0) is 18.2 Å². The van der Waals surface area contributed by atoms with Crippen molar-refractivity contribution in [1.82, 2.24) is 4.57 Å². The molecule has 0 atom stereocenters. The van der Waals surface area contributed by atoms with Gasteiger partial charge in [-0.25, -0.2) is 9.18 Å². The number of nitrogens with zero attached hydrogens (tertiary/aromatic N) is 1. The second-order valence-electron chi connectivity index (χ2n) is 4.99. The summed E-state index contributed by atoms with van der Waals surface area (Å²) in [5.74, 6) is -1.24. The molecule has 0 unspecified atom stereocenters. The van der Waals surface area contributed by atoms with Gasteiger partial charge in [0.2, 0.25) is 0 Å². The molecule has 1 heterocycles. The Balaban J connectivity index is 2.07. The van der Waals surface area contributed by atoms with Crippen LogP contribution in [0.25, 0.3) is 17.0 Å². The van der Waals surface area contributed by atoms with Crippen molar-refractivity contribution in [1.29, 1.82) is 0 Å². The minimum atomic E-state index is -0.995. The summed E-state index contributed by atoms with van der Waals surface area (Å²) in [5.41, 5.74) is 2.34. The Hall–Kier alpha value is -2.88. The number of hydrogen-bond donors (Lipinski definition) is 1. The first-order valence-electron chi connectivity index (χ1n) is 6.87. The summed E-state index contributed by atoms with van der Waals surface area (Å²) in [6, 6.07) is 14.3. The van der Waals surface area contributed by atoms with E-state index < -0.39 is 5.97 Å². The van der Waals surface area contributed by atoms with Gasteiger partial charge in [0, 0.05) is 34.3 Å². The molecule has 0 saturated carbocycles. The van der Waals surface area contributed by atoms with E-state index in [1.54, 1.807) is 24.3 Å². The standard InChI is InChI=1S/C18H14FNO2/c19-16-7-3-1-5-14(16)12-20-11-13(9-10-18(21)22)15-6-2-4-8-17(15)20/h1-11H,12H2,(H,21,22)/b10-9+. The molecule has 0 bridgehead atoms. The maximum absolute atomic E-state index is 13.8. The minimum Gasteiger partial charge on any atom is -0.478 e. The van der Waals surface area contributed by atoms with Crippen molar-refractivity contribution in [2.24, 2.45) is 0 Å². The van der Waals surface area contributed by atoms with Crippen LogP contribution in [0.15, 0.2) is 60.8 Å². The third-order valence-corrected chi connectivity index (χ3v) is 3.52. The number of benzene rings is 2. The first kappa shape index (κ1) is 14.1. The molecule has 3 nitrogen and oxygen atoms in total. The van der Waals surface area contributed by atoms with Gasteiger partial charge in [-0.1, -0.05) is 36.4 Å². The largest absolute Gasteiger partial charge is 0.478 e. The minimum absolute atomic E-state index is 0.247. The monoisotopic (exact) mass is 295 g/mol. The van der Waals surface area contributed by atoms with Gasteiger partial charge >= 0.3 is 5.97 Å². The summed E-state index contributed by atoms with van der Waals surface area (Å²) in [4.78, 5) is 10.7. The number of para-hydroxylation sites is 1. The lowest BCUT2D eigenvalue weighted by Gasteiger charge is -2.06. The van der Waals surface area contributed by atoms with Crippen LogP contribution in [0.3, 0.4) is 0 Å². The van der Waals surface area contributed by atoms with Crippen molar-refractivity contribution in [3.05, 3.63) is 77.7 Å². The zero-order valence-corrected chi connectivity index (χ0v) is 11.7. The van der Waals surface area contributed by atoms with Gasteiger partial charge in [0.05, 0.1) is 6.54 Å². The van der Waals surface area contributed by atoms with E-state index in [0.29, 0.717) is 12.1 Å². The number of rotatable bonds is 4. The van der Waals surface area contributed by atoms with Crippen molar-refractivity contribution in [3.8, 4) is 0 Å². The summed E-state index contributed by atoms with van der Waals surface area (Å²) in [6.45, 7) is 0.397. The fraction of sp³-hybridized carbons (Fsp3) is 0.0556. The molecule has 22 heavy (non-hydrogen) atoms. The number of aliphatic carboxylic acids is 1. The van der Waals surface area contributed by atoms with E-state index in [-0.39, 0.29) is 5.82 Å². The number of carboxylic acids is 1. The molecule has 0 radical (unpaired) electrons. The van der Waals surface area contributed by atoms with Crippen molar-refractivity contribution in [2.45, 2.75) is 6.54 Å². The molecule has 0 fully saturated rings. The normalized spacial score (nSPS) is 11.3. The van der Waals surface area contributed by atoms with E-state index >= 15 is 0 Å². The van der Waals surface area contributed by atoms with E-state index in [0.717, 1.165) is 22.5 Å². The van der Waals surface area contributed by atoms with E-state index in [1.165, 1.54) is 6.07 Å². The van der Waals surface area contributed by atoms with Crippen LogP contribution >= 0.6 is 0 Å². The predicted molar refractivity (Wildman–Crippen MR) is 84.1 cm³/mol. The highest BCUT2D eigenvalue weighted by molar-refractivity contribution is 5.93. The van der Waals surface area contributed by atoms with Crippen molar-refractivity contribution in [3.63, 3.8) is 0 Å². The topological polar surface area (TPSA) is 42.2 Å². The second-order valence-corrected chi connectivity index (χ2v) is 4.99. The van der Waals surface area contributed by atoms with Gasteiger partial charge in [0.1, 0.15) is 5.82 Å². The van der Waals surface area contributed by atoms with Gasteiger partial charge in [-0.15, -0.1) is 0 Å². The summed E-state index contributed by atoms with van der Waals surface area (Å²) < 4.78 is 15.8. The Morgan fingerprint density at radius 2 is 1.86 bits per heavy atom. The molecule has 1 N–H and O–H groups in total. The summed E-state index contributed by atoms with van der Waals surface area (Å²) in [7, 11) is 0. The number of carbonyl (C=O) groups is 1. The van der Waals surface area contributed by atoms with Gasteiger partial charge in [0.15, 0.2) is 0 Å². The van der Waals surface area contributed by atoms with Crippen molar-refractivity contribution < 1.29 is 14.3 Å². The molecule has 0 amide bonds. The average molecular weight is 295 g/mol. The van der Waals surface area contributed by atoms with Crippen LogP contribution in [-0.2, 0) is 11.3 Å². The Morgan fingerprint density at radius 3 is 2.64 bits per heavy atom. The van der Waals surface area contributed by atoms with Gasteiger partial charge in [-0.3, -0.25) is 0 Å². The lowest BCUT2D eigenvalue weighted by Crippen LogP contribution is -2.00. The van der Waals surface area contributed by atoms with E-state index in [9.17, 15) is 9.18 Å². The molecule has 3 rings (SSSR count). The van der Waals surface area contributed by atoms with Gasteiger partial charge < -0.3 is 9.67 Å².